The van der Waals surface area contributed by atoms with Gasteiger partial charge in [-0.05, 0) is 91.3 Å². The minimum absolute atomic E-state index is 0.939. The molecule has 53 heavy (non-hydrogen) atoms. The number of fused-ring (bicyclic) bond motifs is 10. The quantitative estimate of drug-likeness (QED) is 0.174. The highest BCUT2D eigenvalue weighted by atomic mass is 15.0. The van der Waals surface area contributed by atoms with Crippen LogP contribution in [0.4, 0.5) is 0 Å². The molecular formula is C50H31N3. The Bertz CT molecular complexity index is 3140. The van der Waals surface area contributed by atoms with Crippen LogP contribution in [0.5, 0.6) is 0 Å². The van der Waals surface area contributed by atoms with Crippen molar-refractivity contribution in [2.75, 3.05) is 0 Å². The second-order valence-corrected chi connectivity index (χ2v) is 13.8. The Morgan fingerprint density at radius 2 is 0.792 bits per heavy atom. The number of hydrogen-bond donors (Lipinski definition) is 0. The Balaban J connectivity index is 0.998. The van der Waals surface area contributed by atoms with Crippen molar-refractivity contribution >= 4 is 65.2 Å². The van der Waals surface area contributed by atoms with Gasteiger partial charge in [-0.1, -0.05) is 140 Å². The minimum atomic E-state index is 0.939. The second-order valence-electron chi connectivity index (χ2n) is 13.8. The van der Waals surface area contributed by atoms with Crippen molar-refractivity contribution in [3.8, 4) is 39.1 Å². The second kappa shape index (κ2) is 11.7. The SMILES string of the molecule is c1cc(-c2ccc3c(c2)c2ccccc2c2nccnc32)cc(-c2cccc3c(-c4ccc(-n5c6ccccc6c6ccccc65)cc4)cccc23)c1. The molecule has 0 unspecified atom stereocenters. The first-order valence-electron chi connectivity index (χ1n) is 18.1. The van der Waals surface area contributed by atoms with E-state index in [1.807, 2.05) is 0 Å². The first-order valence-corrected chi connectivity index (χ1v) is 18.1. The molecule has 9 aromatic carbocycles. The van der Waals surface area contributed by atoms with Crippen molar-refractivity contribution in [1.29, 1.82) is 0 Å². The van der Waals surface area contributed by atoms with Crippen LogP contribution in [0.3, 0.4) is 0 Å². The van der Waals surface area contributed by atoms with Gasteiger partial charge in [0, 0.05) is 39.6 Å². The van der Waals surface area contributed by atoms with Gasteiger partial charge in [-0.15, -0.1) is 0 Å². The fraction of sp³-hybridized carbons (Fsp3) is 0. The summed E-state index contributed by atoms with van der Waals surface area (Å²) in [6.07, 6.45) is 3.56. The van der Waals surface area contributed by atoms with E-state index < -0.39 is 0 Å². The number of nitrogens with zero attached hydrogens (tertiary/aromatic N) is 3. The maximum absolute atomic E-state index is 4.75. The summed E-state index contributed by atoms with van der Waals surface area (Å²) in [6.45, 7) is 0. The summed E-state index contributed by atoms with van der Waals surface area (Å²) >= 11 is 0. The van der Waals surface area contributed by atoms with Gasteiger partial charge in [-0.3, -0.25) is 9.97 Å². The predicted octanol–water partition coefficient (Wildman–Crippen LogP) is 13.2. The maximum atomic E-state index is 4.75. The molecule has 0 aliphatic heterocycles. The number of para-hydroxylation sites is 2. The highest BCUT2D eigenvalue weighted by Crippen LogP contribution is 2.39. The van der Waals surface area contributed by atoms with E-state index in [-0.39, 0.29) is 0 Å². The van der Waals surface area contributed by atoms with Gasteiger partial charge in [0.15, 0.2) is 0 Å². The van der Waals surface area contributed by atoms with Crippen LogP contribution in [0.2, 0.25) is 0 Å². The highest BCUT2D eigenvalue weighted by Gasteiger charge is 2.15. The van der Waals surface area contributed by atoms with E-state index in [9.17, 15) is 0 Å². The summed E-state index contributed by atoms with van der Waals surface area (Å²) in [5, 5.41) is 9.66. The molecule has 0 fully saturated rings. The Kier molecular flexibility index (Phi) is 6.55. The monoisotopic (exact) mass is 673 g/mol. The lowest BCUT2D eigenvalue weighted by Crippen LogP contribution is -1.93. The molecule has 0 aliphatic rings. The van der Waals surface area contributed by atoms with E-state index in [1.165, 1.54) is 76.7 Å². The van der Waals surface area contributed by atoms with Crippen molar-refractivity contribution in [1.82, 2.24) is 14.5 Å². The Morgan fingerprint density at radius 3 is 1.47 bits per heavy atom. The lowest BCUT2D eigenvalue weighted by molar-refractivity contribution is 1.18. The lowest BCUT2D eigenvalue weighted by atomic mass is 9.91. The van der Waals surface area contributed by atoms with Crippen molar-refractivity contribution in [2.45, 2.75) is 0 Å². The molecule has 0 aliphatic carbocycles. The van der Waals surface area contributed by atoms with Crippen molar-refractivity contribution in [3.63, 3.8) is 0 Å². The first-order chi connectivity index (χ1) is 26.3. The fourth-order valence-corrected chi connectivity index (χ4v) is 8.48. The summed E-state index contributed by atoms with van der Waals surface area (Å²) in [6, 6.07) is 63.9. The first kappa shape index (κ1) is 29.6. The molecule has 0 saturated carbocycles. The van der Waals surface area contributed by atoms with Crippen LogP contribution in [0.15, 0.2) is 188 Å². The van der Waals surface area contributed by atoms with Crippen LogP contribution in [-0.4, -0.2) is 14.5 Å². The van der Waals surface area contributed by atoms with Crippen LogP contribution >= 0.6 is 0 Å². The standard InChI is InChI=1S/C50H31N3/c1-2-15-44-41(12-1)46-31-34(24-27-45(46)50-49(44)51-28-29-52-50)33-10-7-11-35(30-33)38-17-9-18-39-37(16-8-19-40(38)39)32-22-25-36(26-23-32)53-47-20-5-3-13-42(47)43-14-4-6-21-48(43)53/h1-31H. The molecule has 11 aromatic rings. The molecule has 3 nitrogen and oxygen atoms in total. The smallest absolute Gasteiger partial charge is 0.0971 e. The van der Waals surface area contributed by atoms with E-state index in [1.54, 1.807) is 12.4 Å². The van der Waals surface area contributed by atoms with Crippen LogP contribution < -0.4 is 0 Å². The van der Waals surface area contributed by atoms with Gasteiger partial charge >= 0.3 is 0 Å². The molecule has 11 rings (SSSR count). The summed E-state index contributed by atoms with van der Waals surface area (Å²) < 4.78 is 2.37. The minimum Gasteiger partial charge on any atom is -0.309 e. The van der Waals surface area contributed by atoms with E-state index in [0.717, 1.165) is 27.5 Å². The molecule has 0 atom stereocenters. The Labute approximate surface area is 306 Å². The molecule has 0 amide bonds. The molecule has 3 heteroatoms. The summed E-state index contributed by atoms with van der Waals surface area (Å²) in [7, 11) is 0. The van der Waals surface area contributed by atoms with E-state index in [4.69, 9.17) is 9.97 Å². The van der Waals surface area contributed by atoms with Crippen molar-refractivity contribution in [3.05, 3.63) is 188 Å². The van der Waals surface area contributed by atoms with Gasteiger partial charge in [0.05, 0.1) is 22.1 Å². The zero-order valence-corrected chi connectivity index (χ0v) is 28.7. The van der Waals surface area contributed by atoms with Gasteiger partial charge in [0.2, 0.25) is 0 Å². The number of rotatable bonds is 4. The van der Waals surface area contributed by atoms with E-state index in [2.05, 4.69) is 180 Å². The zero-order chi connectivity index (χ0) is 34.9. The van der Waals surface area contributed by atoms with Crippen molar-refractivity contribution < 1.29 is 0 Å². The normalized spacial score (nSPS) is 11.8. The average Bonchev–Trinajstić information content (AvgIpc) is 3.58. The molecule has 0 bridgehead atoms. The Morgan fingerprint density at radius 1 is 0.302 bits per heavy atom. The van der Waals surface area contributed by atoms with Gasteiger partial charge in [0.25, 0.3) is 0 Å². The van der Waals surface area contributed by atoms with Gasteiger partial charge in [-0.2, -0.15) is 0 Å². The number of aromatic nitrogens is 3. The molecule has 0 spiro atoms. The largest absolute Gasteiger partial charge is 0.309 e. The van der Waals surface area contributed by atoms with Crippen LogP contribution in [-0.2, 0) is 0 Å². The lowest BCUT2D eigenvalue weighted by Gasteiger charge is -2.14. The van der Waals surface area contributed by atoms with Gasteiger partial charge in [-0.25, -0.2) is 0 Å². The van der Waals surface area contributed by atoms with E-state index >= 15 is 0 Å². The molecule has 0 saturated heterocycles. The van der Waals surface area contributed by atoms with Gasteiger partial charge < -0.3 is 4.57 Å². The summed E-state index contributed by atoms with van der Waals surface area (Å²) in [5.74, 6) is 0. The molecule has 2 heterocycles. The molecule has 246 valence electrons. The zero-order valence-electron chi connectivity index (χ0n) is 28.7. The van der Waals surface area contributed by atoms with Crippen LogP contribution in [0.25, 0.3) is 104 Å². The summed E-state index contributed by atoms with van der Waals surface area (Å²) in [5.41, 5.74) is 12.7. The molecular weight excluding hydrogens is 643 g/mol. The van der Waals surface area contributed by atoms with Crippen LogP contribution in [0, 0.1) is 0 Å². The third kappa shape index (κ3) is 4.61. The van der Waals surface area contributed by atoms with E-state index in [0.29, 0.717) is 0 Å². The fourth-order valence-electron chi connectivity index (χ4n) is 8.48. The average molecular weight is 674 g/mol. The topological polar surface area (TPSA) is 30.7 Å². The summed E-state index contributed by atoms with van der Waals surface area (Å²) in [4.78, 5) is 9.45. The van der Waals surface area contributed by atoms with Crippen LogP contribution in [0.1, 0.15) is 0 Å². The highest BCUT2D eigenvalue weighted by molar-refractivity contribution is 6.23. The molecule has 0 N–H and O–H groups in total. The number of benzene rings is 9. The maximum Gasteiger partial charge on any atom is 0.0971 e. The predicted molar refractivity (Wildman–Crippen MR) is 223 cm³/mol. The molecule has 0 radical (unpaired) electrons. The Hall–Kier alpha value is -7.10. The van der Waals surface area contributed by atoms with Crippen molar-refractivity contribution in [2.24, 2.45) is 0 Å². The van der Waals surface area contributed by atoms with Gasteiger partial charge in [0.1, 0.15) is 0 Å². The third-order valence-electron chi connectivity index (χ3n) is 10.9. The third-order valence-corrected chi connectivity index (χ3v) is 10.9. The molecule has 2 aromatic heterocycles. The number of hydrogen-bond acceptors (Lipinski definition) is 2.